The smallest absolute Gasteiger partial charge is 0.330 e. The summed E-state index contributed by atoms with van der Waals surface area (Å²) in [5, 5.41) is -0.582. The van der Waals surface area contributed by atoms with Gasteiger partial charge in [0.2, 0.25) is 0 Å². The Bertz CT molecular complexity index is 273. The van der Waals surface area contributed by atoms with Crippen LogP contribution in [0, 0.1) is 0 Å². The number of ether oxygens (including phenoxy) is 1. The van der Waals surface area contributed by atoms with Crippen molar-refractivity contribution in [1.29, 1.82) is 0 Å². The minimum Gasteiger partial charge on any atom is -0.461 e. The second kappa shape index (κ2) is 7.52. The van der Waals surface area contributed by atoms with Crippen LogP contribution in [-0.4, -0.2) is 26.1 Å². The van der Waals surface area contributed by atoms with E-state index in [0.717, 1.165) is 6.08 Å². The van der Waals surface area contributed by atoms with Crippen molar-refractivity contribution in [2.24, 2.45) is 0 Å². The van der Waals surface area contributed by atoms with Crippen LogP contribution in [0.15, 0.2) is 12.7 Å². The molecule has 0 heterocycles. The van der Waals surface area contributed by atoms with Crippen LogP contribution in [0.3, 0.4) is 0 Å². The molecule has 0 aromatic rings. The van der Waals surface area contributed by atoms with Crippen molar-refractivity contribution in [2.45, 2.75) is 26.3 Å². The lowest BCUT2D eigenvalue weighted by Crippen LogP contribution is -2.27. The van der Waals surface area contributed by atoms with Crippen LogP contribution in [-0.2, 0) is 9.53 Å². The average molecular weight is 363 g/mol. The van der Waals surface area contributed by atoms with Crippen LogP contribution in [0.1, 0.15) is 12.8 Å². The van der Waals surface area contributed by atoms with E-state index >= 15 is 0 Å². The number of carbonyl (C=O) groups excluding carboxylic acids is 1. The lowest BCUT2D eigenvalue weighted by Gasteiger charge is -2.25. The van der Waals surface area contributed by atoms with E-state index < -0.39 is 19.5 Å². The number of hydrogen-bond acceptors (Lipinski definition) is 2. The first-order valence-electron chi connectivity index (χ1n) is 4.43. The molecule has 17 heavy (non-hydrogen) atoms. The summed E-state index contributed by atoms with van der Waals surface area (Å²) in [4.78, 5) is 10.8. The standard InChI is InChI=1S/C9H10Cl6O2/c1-2-7(16)17-4-6(10)3-8(11,12)5-9(13,14)15/h2,6H,1,3-5H2. The van der Waals surface area contributed by atoms with E-state index in [4.69, 9.17) is 74.3 Å². The van der Waals surface area contributed by atoms with Crippen molar-refractivity contribution in [2.75, 3.05) is 6.61 Å². The van der Waals surface area contributed by atoms with Gasteiger partial charge in [0.1, 0.15) is 10.9 Å². The van der Waals surface area contributed by atoms with Crippen LogP contribution in [0.4, 0.5) is 0 Å². The Morgan fingerprint density at radius 2 is 1.82 bits per heavy atom. The Morgan fingerprint density at radius 1 is 1.29 bits per heavy atom. The van der Waals surface area contributed by atoms with Crippen molar-refractivity contribution >= 4 is 75.6 Å². The number of alkyl halides is 6. The predicted octanol–water partition coefficient (Wildman–Crippen LogP) is 4.65. The highest BCUT2D eigenvalue weighted by molar-refractivity contribution is 6.68. The Kier molecular flexibility index (Phi) is 7.94. The molecule has 0 fully saturated rings. The summed E-state index contributed by atoms with van der Waals surface area (Å²) in [6.45, 7) is 3.19. The van der Waals surface area contributed by atoms with Crippen LogP contribution in [0.5, 0.6) is 0 Å². The molecule has 0 saturated carbocycles. The van der Waals surface area contributed by atoms with Crippen molar-refractivity contribution in [3.63, 3.8) is 0 Å². The Balaban J connectivity index is 4.13. The van der Waals surface area contributed by atoms with E-state index in [1.807, 2.05) is 0 Å². The van der Waals surface area contributed by atoms with Gasteiger partial charge in [0.25, 0.3) is 0 Å². The summed E-state index contributed by atoms with van der Waals surface area (Å²) >= 11 is 34.5. The average Bonchev–Trinajstić information content (AvgIpc) is 2.09. The zero-order valence-electron chi connectivity index (χ0n) is 8.57. The van der Waals surface area contributed by atoms with E-state index in [2.05, 4.69) is 6.58 Å². The number of carbonyl (C=O) groups is 1. The molecule has 2 nitrogen and oxygen atoms in total. The third-order valence-corrected chi connectivity index (χ3v) is 2.81. The molecule has 8 heteroatoms. The van der Waals surface area contributed by atoms with Gasteiger partial charge in [-0.2, -0.15) is 0 Å². The Labute approximate surface area is 130 Å². The Hall–Kier alpha value is 0.950. The number of halogens is 6. The molecule has 0 rings (SSSR count). The molecule has 0 radical (unpaired) electrons. The summed E-state index contributed by atoms with van der Waals surface area (Å²) in [6, 6.07) is 0. The summed E-state index contributed by atoms with van der Waals surface area (Å²) in [7, 11) is 0. The van der Waals surface area contributed by atoms with Crippen molar-refractivity contribution in [1.82, 2.24) is 0 Å². The Morgan fingerprint density at radius 3 is 2.24 bits per heavy atom. The van der Waals surface area contributed by atoms with Gasteiger partial charge in [-0.3, -0.25) is 0 Å². The quantitative estimate of drug-likeness (QED) is 0.390. The molecule has 1 atom stereocenters. The van der Waals surface area contributed by atoms with Crippen LogP contribution in [0.25, 0.3) is 0 Å². The van der Waals surface area contributed by atoms with Gasteiger partial charge in [0.05, 0.1) is 5.38 Å². The molecular formula is C9H10Cl6O2. The molecule has 1 unspecified atom stereocenters. The zero-order valence-corrected chi connectivity index (χ0v) is 13.1. The second-order valence-electron chi connectivity index (χ2n) is 3.28. The summed E-state index contributed by atoms with van der Waals surface area (Å²) in [6.07, 6.45) is 1.04. The van der Waals surface area contributed by atoms with Gasteiger partial charge in [0.15, 0.2) is 3.79 Å². The number of hydrogen-bond donors (Lipinski definition) is 0. The fourth-order valence-corrected chi connectivity index (χ4v) is 3.33. The third kappa shape index (κ3) is 10.5. The largest absolute Gasteiger partial charge is 0.461 e. The van der Waals surface area contributed by atoms with Gasteiger partial charge in [-0.05, 0) is 0 Å². The first-order valence-corrected chi connectivity index (χ1v) is 6.76. The van der Waals surface area contributed by atoms with Gasteiger partial charge >= 0.3 is 5.97 Å². The first-order chi connectivity index (χ1) is 7.56. The van der Waals surface area contributed by atoms with Crippen LogP contribution in [0.2, 0.25) is 0 Å². The number of rotatable bonds is 6. The summed E-state index contributed by atoms with van der Waals surface area (Å²) < 4.78 is 1.84. The highest BCUT2D eigenvalue weighted by Crippen LogP contribution is 2.43. The predicted molar refractivity (Wildman–Crippen MR) is 74.8 cm³/mol. The molecule has 0 aliphatic rings. The molecule has 100 valence electrons. The maximum Gasteiger partial charge on any atom is 0.330 e. The lowest BCUT2D eigenvalue weighted by atomic mass is 10.2. The van der Waals surface area contributed by atoms with E-state index in [1.165, 1.54) is 0 Å². The van der Waals surface area contributed by atoms with Gasteiger partial charge in [-0.25, -0.2) is 4.79 Å². The molecule has 0 bridgehead atoms. The fourth-order valence-electron chi connectivity index (χ4n) is 0.980. The molecular weight excluding hydrogens is 353 g/mol. The van der Waals surface area contributed by atoms with Gasteiger partial charge < -0.3 is 4.74 Å². The summed E-state index contributed by atoms with van der Waals surface area (Å²) in [5.41, 5.74) is 0. The normalized spacial score (nSPS) is 14.2. The van der Waals surface area contributed by atoms with E-state index in [1.54, 1.807) is 0 Å². The minimum atomic E-state index is -1.57. The highest BCUT2D eigenvalue weighted by Gasteiger charge is 2.36. The molecule has 0 aromatic carbocycles. The summed E-state index contributed by atoms with van der Waals surface area (Å²) in [5.74, 6) is -0.577. The molecule has 0 saturated heterocycles. The number of esters is 1. The van der Waals surface area contributed by atoms with Crippen LogP contribution < -0.4 is 0 Å². The topological polar surface area (TPSA) is 26.3 Å². The first kappa shape index (κ1) is 17.9. The lowest BCUT2D eigenvalue weighted by molar-refractivity contribution is -0.137. The molecule has 0 amide bonds. The monoisotopic (exact) mass is 360 g/mol. The van der Waals surface area contributed by atoms with E-state index in [9.17, 15) is 4.79 Å². The van der Waals surface area contributed by atoms with Crippen LogP contribution >= 0.6 is 69.6 Å². The highest BCUT2D eigenvalue weighted by atomic mass is 35.6. The molecule has 0 aromatic heterocycles. The maximum atomic E-state index is 10.8. The van der Waals surface area contributed by atoms with Gasteiger partial charge in [-0.1, -0.05) is 41.4 Å². The molecule has 0 aliphatic carbocycles. The maximum absolute atomic E-state index is 10.8. The van der Waals surface area contributed by atoms with Crippen molar-refractivity contribution < 1.29 is 9.53 Å². The molecule has 0 N–H and O–H groups in total. The van der Waals surface area contributed by atoms with E-state index in [0.29, 0.717) is 0 Å². The van der Waals surface area contributed by atoms with Crippen molar-refractivity contribution in [3.8, 4) is 0 Å². The zero-order chi connectivity index (χ0) is 13.7. The fraction of sp³-hybridized carbons (Fsp3) is 0.667. The van der Waals surface area contributed by atoms with Gasteiger partial charge in [0, 0.05) is 18.9 Å². The molecule has 0 aliphatic heterocycles. The van der Waals surface area contributed by atoms with Gasteiger partial charge in [-0.15, -0.1) is 34.8 Å². The van der Waals surface area contributed by atoms with Crippen molar-refractivity contribution in [3.05, 3.63) is 12.7 Å². The third-order valence-electron chi connectivity index (χ3n) is 1.55. The SMILES string of the molecule is C=CC(=O)OCC(Cl)CC(Cl)(Cl)CC(Cl)(Cl)Cl. The minimum absolute atomic E-state index is 0.0482. The second-order valence-corrected chi connectivity index (χ2v) is 8.06. The van der Waals surface area contributed by atoms with E-state index in [-0.39, 0.29) is 19.4 Å². The molecule has 0 spiro atoms.